The van der Waals surface area contributed by atoms with Crippen molar-refractivity contribution in [2.45, 2.75) is 19.3 Å². The number of likely N-dealkylation sites (tertiary alicyclic amines) is 1. The number of ether oxygens (including phenoxy) is 1. The van der Waals surface area contributed by atoms with E-state index in [1.807, 2.05) is 29.2 Å². The minimum atomic E-state index is 0.221. The van der Waals surface area contributed by atoms with Crippen molar-refractivity contribution < 1.29 is 9.53 Å². The Bertz CT molecular complexity index is 436. The fraction of sp³-hybridized carbons (Fsp3) is 0.533. The molecule has 1 atom stereocenters. The summed E-state index contributed by atoms with van der Waals surface area (Å²) in [7, 11) is 1.65. The molecule has 0 bridgehead atoms. The summed E-state index contributed by atoms with van der Waals surface area (Å²) in [5.74, 6) is 1.63. The first-order chi connectivity index (χ1) is 9.22. The van der Waals surface area contributed by atoms with Crippen molar-refractivity contribution >= 4 is 21.8 Å². The molecular formula is C15H20BrNO2. The van der Waals surface area contributed by atoms with Crippen LogP contribution in [0.15, 0.2) is 24.3 Å². The Hall–Kier alpha value is -1.03. The molecule has 4 heteroatoms. The van der Waals surface area contributed by atoms with Gasteiger partial charge in [-0.25, -0.2) is 0 Å². The van der Waals surface area contributed by atoms with E-state index in [2.05, 4.69) is 15.9 Å². The number of piperidine rings is 1. The Morgan fingerprint density at radius 3 is 3.11 bits per heavy atom. The number of benzene rings is 1. The molecule has 0 saturated carbocycles. The lowest BCUT2D eigenvalue weighted by Crippen LogP contribution is -2.41. The summed E-state index contributed by atoms with van der Waals surface area (Å²) in [4.78, 5) is 14.3. The van der Waals surface area contributed by atoms with Crippen LogP contribution in [0, 0.1) is 5.92 Å². The normalized spacial score (nSPS) is 19.3. The molecule has 104 valence electrons. The number of hydrogen-bond acceptors (Lipinski definition) is 2. The SMILES string of the molecule is COc1cccc(CC(=O)N2CCCC(CBr)C2)c1. The van der Waals surface area contributed by atoms with Gasteiger partial charge in [-0.15, -0.1) is 0 Å². The molecule has 1 aromatic carbocycles. The summed E-state index contributed by atoms with van der Waals surface area (Å²) in [6.45, 7) is 1.78. The second-order valence-corrected chi connectivity index (χ2v) is 5.68. The standard InChI is InChI=1S/C15H20BrNO2/c1-19-14-6-2-4-12(8-14)9-15(18)17-7-3-5-13(10-16)11-17/h2,4,6,8,13H,3,5,7,9-11H2,1H3. The summed E-state index contributed by atoms with van der Waals surface area (Å²) in [6.07, 6.45) is 2.79. The van der Waals surface area contributed by atoms with Crippen molar-refractivity contribution in [3.63, 3.8) is 0 Å². The fourth-order valence-corrected chi connectivity index (χ4v) is 3.01. The minimum Gasteiger partial charge on any atom is -0.497 e. The highest BCUT2D eigenvalue weighted by atomic mass is 79.9. The van der Waals surface area contributed by atoms with E-state index in [0.717, 1.165) is 36.2 Å². The minimum absolute atomic E-state index is 0.221. The molecule has 1 aliphatic heterocycles. The Kier molecular flexibility index (Phi) is 5.25. The first-order valence-corrected chi connectivity index (χ1v) is 7.81. The number of carbonyl (C=O) groups excluding carboxylic acids is 1. The molecule has 19 heavy (non-hydrogen) atoms. The highest BCUT2D eigenvalue weighted by molar-refractivity contribution is 9.09. The summed E-state index contributed by atoms with van der Waals surface area (Å²) in [5, 5.41) is 0.982. The topological polar surface area (TPSA) is 29.5 Å². The van der Waals surface area contributed by atoms with E-state index in [9.17, 15) is 4.79 Å². The first-order valence-electron chi connectivity index (χ1n) is 6.69. The zero-order chi connectivity index (χ0) is 13.7. The number of halogens is 1. The van der Waals surface area contributed by atoms with E-state index in [0.29, 0.717) is 12.3 Å². The third-order valence-corrected chi connectivity index (χ3v) is 4.50. The number of rotatable bonds is 4. The van der Waals surface area contributed by atoms with Gasteiger partial charge in [0.15, 0.2) is 0 Å². The van der Waals surface area contributed by atoms with Crippen molar-refractivity contribution in [2.24, 2.45) is 5.92 Å². The van der Waals surface area contributed by atoms with Crippen molar-refractivity contribution in [3.05, 3.63) is 29.8 Å². The second-order valence-electron chi connectivity index (χ2n) is 5.03. The van der Waals surface area contributed by atoms with Gasteiger partial charge in [0.25, 0.3) is 0 Å². The third kappa shape index (κ3) is 3.96. The van der Waals surface area contributed by atoms with Gasteiger partial charge in [-0.3, -0.25) is 4.79 Å². The van der Waals surface area contributed by atoms with Crippen LogP contribution in [0.4, 0.5) is 0 Å². The average molecular weight is 326 g/mol. The van der Waals surface area contributed by atoms with Crippen molar-refractivity contribution in [3.8, 4) is 5.75 Å². The van der Waals surface area contributed by atoms with Gasteiger partial charge in [0.05, 0.1) is 13.5 Å². The molecule has 2 rings (SSSR count). The van der Waals surface area contributed by atoms with Crippen LogP contribution in [-0.4, -0.2) is 36.3 Å². The second kappa shape index (κ2) is 6.94. The molecule has 0 aromatic heterocycles. The van der Waals surface area contributed by atoms with Crippen LogP contribution in [-0.2, 0) is 11.2 Å². The lowest BCUT2D eigenvalue weighted by molar-refractivity contribution is -0.132. The van der Waals surface area contributed by atoms with Crippen LogP contribution in [0.1, 0.15) is 18.4 Å². The maximum atomic E-state index is 12.3. The Labute approximate surface area is 123 Å². The molecule has 1 heterocycles. The zero-order valence-electron chi connectivity index (χ0n) is 11.3. The van der Waals surface area contributed by atoms with Crippen molar-refractivity contribution in [1.82, 2.24) is 4.90 Å². The lowest BCUT2D eigenvalue weighted by Gasteiger charge is -2.32. The molecular weight excluding hydrogens is 306 g/mol. The summed E-state index contributed by atoms with van der Waals surface area (Å²) >= 11 is 3.52. The highest BCUT2D eigenvalue weighted by Gasteiger charge is 2.22. The van der Waals surface area contributed by atoms with Gasteiger partial charge in [0, 0.05) is 18.4 Å². The molecule has 1 aliphatic rings. The van der Waals surface area contributed by atoms with Crippen LogP contribution in [0.3, 0.4) is 0 Å². The molecule has 1 aromatic rings. The van der Waals surface area contributed by atoms with Crippen molar-refractivity contribution in [2.75, 3.05) is 25.5 Å². The number of amides is 1. The molecule has 0 N–H and O–H groups in total. The van der Waals surface area contributed by atoms with E-state index >= 15 is 0 Å². The molecule has 0 aliphatic carbocycles. The van der Waals surface area contributed by atoms with Crippen LogP contribution in [0.2, 0.25) is 0 Å². The van der Waals surface area contributed by atoms with Crippen LogP contribution >= 0.6 is 15.9 Å². The maximum absolute atomic E-state index is 12.3. The number of nitrogens with zero attached hydrogens (tertiary/aromatic N) is 1. The highest BCUT2D eigenvalue weighted by Crippen LogP contribution is 2.20. The third-order valence-electron chi connectivity index (χ3n) is 3.58. The van der Waals surface area contributed by atoms with Crippen LogP contribution in [0.5, 0.6) is 5.75 Å². The molecule has 3 nitrogen and oxygen atoms in total. The van der Waals surface area contributed by atoms with E-state index in [1.54, 1.807) is 7.11 Å². The smallest absolute Gasteiger partial charge is 0.227 e. The van der Waals surface area contributed by atoms with Crippen LogP contribution in [0.25, 0.3) is 0 Å². The number of hydrogen-bond donors (Lipinski definition) is 0. The number of methoxy groups -OCH3 is 1. The van der Waals surface area contributed by atoms with Crippen LogP contribution < -0.4 is 4.74 Å². The van der Waals surface area contributed by atoms with Gasteiger partial charge in [-0.05, 0) is 36.5 Å². The molecule has 1 fully saturated rings. The van der Waals surface area contributed by atoms with Gasteiger partial charge < -0.3 is 9.64 Å². The zero-order valence-corrected chi connectivity index (χ0v) is 12.9. The van der Waals surface area contributed by atoms with Gasteiger partial charge >= 0.3 is 0 Å². The van der Waals surface area contributed by atoms with Gasteiger partial charge in [0.1, 0.15) is 5.75 Å². The monoisotopic (exact) mass is 325 g/mol. The Morgan fingerprint density at radius 2 is 2.37 bits per heavy atom. The predicted molar refractivity (Wildman–Crippen MR) is 79.8 cm³/mol. The van der Waals surface area contributed by atoms with E-state index in [4.69, 9.17) is 4.74 Å². The first kappa shape index (κ1) is 14.4. The van der Waals surface area contributed by atoms with E-state index < -0.39 is 0 Å². The van der Waals surface area contributed by atoms with Gasteiger partial charge in [-0.1, -0.05) is 28.1 Å². The number of carbonyl (C=O) groups is 1. The molecule has 0 spiro atoms. The van der Waals surface area contributed by atoms with Gasteiger partial charge in [-0.2, -0.15) is 0 Å². The summed E-state index contributed by atoms with van der Waals surface area (Å²) in [6, 6.07) is 7.74. The molecule has 1 saturated heterocycles. The summed E-state index contributed by atoms with van der Waals surface area (Å²) < 4.78 is 5.19. The molecule has 1 amide bonds. The van der Waals surface area contributed by atoms with Gasteiger partial charge in [0.2, 0.25) is 5.91 Å². The average Bonchev–Trinajstić information content (AvgIpc) is 2.47. The van der Waals surface area contributed by atoms with E-state index in [1.165, 1.54) is 6.42 Å². The predicted octanol–water partition coefficient (Wildman–Crippen LogP) is 2.87. The summed E-state index contributed by atoms with van der Waals surface area (Å²) in [5.41, 5.74) is 1.02. The molecule has 0 radical (unpaired) electrons. The molecule has 1 unspecified atom stereocenters. The largest absolute Gasteiger partial charge is 0.497 e. The quantitative estimate of drug-likeness (QED) is 0.797. The van der Waals surface area contributed by atoms with E-state index in [-0.39, 0.29) is 5.91 Å². The lowest BCUT2D eigenvalue weighted by atomic mass is 9.99. The van der Waals surface area contributed by atoms with Crippen molar-refractivity contribution in [1.29, 1.82) is 0 Å². The Morgan fingerprint density at radius 1 is 1.53 bits per heavy atom. The Balaban J connectivity index is 1.96. The number of alkyl halides is 1. The fourth-order valence-electron chi connectivity index (χ4n) is 2.49. The maximum Gasteiger partial charge on any atom is 0.227 e.